The van der Waals surface area contributed by atoms with Gasteiger partial charge >= 0.3 is 0 Å². The largest absolute Gasteiger partial charge is 0.497 e. The predicted octanol–water partition coefficient (Wildman–Crippen LogP) is -0.174. The van der Waals surface area contributed by atoms with Crippen LogP contribution < -0.4 is 15.0 Å². The Labute approximate surface area is 110 Å². The molecule has 0 amide bonds. The van der Waals surface area contributed by atoms with Crippen molar-refractivity contribution < 1.29 is 15.0 Å². The van der Waals surface area contributed by atoms with Gasteiger partial charge in [-0.25, -0.2) is 0 Å². The quantitative estimate of drug-likeness (QED) is 0.721. The van der Waals surface area contributed by atoms with E-state index in [4.69, 9.17) is 4.74 Å². The highest BCUT2D eigenvalue weighted by Crippen LogP contribution is 2.10. The molecule has 1 aliphatic rings. The van der Waals surface area contributed by atoms with E-state index in [0.29, 0.717) is 0 Å². The van der Waals surface area contributed by atoms with Crippen LogP contribution in [0.4, 0.5) is 0 Å². The molecule has 0 saturated carbocycles. The summed E-state index contributed by atoms with van der Waals surface area (Å²) in [5.74, 6) is 0.941. The third-order valence-electron chi connectivity index (χ3n) is 4.07. The van der Waals surface area contributed by atoms with E-state index < -0.39 is 0 Å². The lowest BCUT2D eigenvalue weighted by atomic mass is 10.2. The Hall–Kier alpha value is -1.06. The topological polar surface area (TPSA) is 30.3 Å². The van der Waals surface area contributed by atoms with Gasteiger partial charge in [-0.2, -0.15) is 0 Å². The van der Waals surface area contributed by atoms with Crippen LogP contribution in [0.15, 0.2) is 24.3 Å². The number of likely N-dealkylation sites (tertiary alicyclic amines) is 1. The van der Waals surface area contributed by atoms with E-state index in [1.807, 2.05) is 12.1 Å². The number of methoxy groups -OCH3 is 1. The van der Waals surface area contributed by atoms with Gasteiger partial charge in [0.15, 0.2) is 0 Å². The smallest absolute Gasteiger partial charge is 0.137 e. The number of quaternary nitrogens is 2. The Morgan fingerprint density at radius 2 is 2.11 bits per heavy atom. The van der Waals surface area contributed by atoms with Crippen LogP contribution in [0.2, 0.25) is 0 Å². The average molecular weight is 250 g/mol. The molecule has 3 N–H and O–H groups in total. The third-order valence-corrected chi connectivity index (χ3v) is 4.07. The molecule has 1 aliphatic heterocycles. The molecule has 1 saturated heterocycles. The molecule has 3 nitrogen and oxygen atoms in total. The van der Waals surface area contributed by atoms with Crippen molar-refractivity contribution >= 4 is 0 Å². The summed E-state index contributed by atoms with van der Waals surface area (Å²) in [6.45, 7) is 7.29. The highest BCUT2D eigenvalue weighted by atomic mass is 16.5. The maximum atomic E-state index is 5.17. The van der Waals surface area contributed by atoms with E-state index in [1.165, 1.54) is 38.0 Å². The number of likely N-dealkylation sites (N-methyl/N-ethyl adjacent to an activating group) is 1. The molecule has 100 valence electrons. The lowest BCUT2D eigenvalue weighted by Crippen LogP contribution is -3.16. The van der Waals surface area contributed by atoms with Gasteiger partial charge in [0.25, 0.3) is 0 Å². The summed E-state index contributed by atoms with van der Waals surface area (Å²) in [7, 11) is 1.71. The second-order valence-corrected chi connectivity index (χ2v) is 5.18. The van der Waals surface area contributed by atoms with Crippen LogP contribution in [0.3, 0.4) is 0 Å². The molecular weight excluding hydrogens is 224 g/mol. The highest BCUT2D eigenvalue weighted by molar-refractivity contribution is 5.26. The van der Waals surface area contributed by atoms with E-state index in [1.54, 1.807) is 12.0 Å². The molecule has 1 aromatic carbocycles. The molecule has 0 aromatic heterocycles. The van der Waals surface area contributed by atoms with Crippen molar-refractivity contribution in [2.45, 2.75) is 32.4 Å². The molecule has 1 fully saturated rings. The first kappa shape index (κ1) is 13.4. The number of rotatable bonds is 6. The number of hydrogen-bond donors (Lipinski definition) is 2. The molecule has 0 aliphatic carbocycles. The van der Waals surface area contributed by atoms with Crippen molar-refractivity contribution in [2.24, 2.45) is 0 Å². The summed E-state index contributed by atoms with van der Waals surface area (Å²) < 4.78 is 5.17. The Kier molecular flexibility index (Phi) is 5.02. The predicted molar refractivity (Wildman–Crippen MR) is 72.9 cm³/mol. The Balaban J connectivity index is 1.74. The zero-order chi connectivity index (χ0) is 12.8. The van der Waals surface area contributed by atoms with Gasteiger partial charge < -0.3 is 15.0 Å². The summed E-state index contributed by atoms with van der Waals surface area (Å²) in [4.78, 5) is 1.79. The monoisotopic (exact) mass is 250 g/mol. The molecule has 0 spiro atoms. The van der Waals surface area contributed by atoms with E-state index in [9.17, 15) is 0 Å². The van der Waals surface area contributed by atoms with Gasteiger partial charge in [0.2, 0.25) is 0 Å². The Morgan fingerprint density at radius 1 is 1.33 bits per heavy atom. The first-order chi connectivity index (χ1) is 8.83. The van der Waals surface area contributed by atoms with Crippen LogP contribution in [-0.4, -0.2) is 32.8 Å². The van der Waals surface area contributed by atoms with Crippen molar-refractivity contribution in [3.63, 3.8) is 0 Å². The highest BCUT2D eigenvalue weighted by Gasteiger charge is 2.27. The van der Waals surface area contributed by atoms with Gasteiger partial charge in [-0.1, -0.05) is 0 Å². The van der Waals surface area contributed by atoms with Gasteiger partial charge in [-0.15, -0.1) is 0 Å². The van der Waals surface area contributed by atoms with E-state index in [0.717, 1.165) is 18.3 Å². The molecule has 0 radical (unpaired) electrons. The summed E-state index contributed by atoms with van der Waals surface area (Å²) >= 11 is 0. The zero-order valence-corrected chi connectivity index (χ0v) is 11.6. The van der Waals surface area contributed by atoms with Crippen molar-refractivity contribution in [3.05, 3.63) is 29.8 Å². The molecular formula is C15H26N2O+2. The van der Waals surface area contributed by atoms with Crippen LogP contribution in [0.1, 0.15) is 25.3 Å². The fourth-order valence-electron chi connectivity index (χ4n) is 2.95. The normalized spacial score (nSPS) is 23.2. The van der Waals surface area contributed by atoms with Gasteiger partial charge in [0.1, 0.15) is 24.9 Å². The van der Waals surface area contributed by atoms with Crippen LogP contribution in [0.25, 0.3) is 0 Å². The van der Waals surface area contributed by atoms with Crippen molar-refractivity contribution in [1.29, 1.82) is 0 Å². The number of ether oxygens (including phenoxy) is 1. The third kappa shape index (κ3) is 3.47. The molecule has 1 aromatic rings. The number of benzene rings is 1. The van der Waals surface area contributed by atoms with Gasteiger partial charge in [-0.05, 0) is 31.2 Å². The summed E-state index contributed by atoms with van der Waals surface area (Å²) in [6, 6.07) is 9.28. The Morgan fingerprint density at radius 3 is 2.78 bits per heavy atom. The zero-order valence-electron chi connectivity index (χ0n) is 11.6. The molecule has 2 atom stereocenters. The first-order valence-electron chi connectivity index (χ1n) is 7.12. The fraction of sp³-hybridized carbons (Fsp3) is 0.600. The minimum Gasteiger partial charge on any atom is -0.497 e. The maximum Gasteiger partial charge on any atom is 0.137 e. The van der Waals surface area contributed by atoms with Crippen LogP contribution in [0.5, 0.6) is 5.75 Å². The van der Waals surface area contributed by atoms with Crippen molar-refractivity contribution in [3.8, 4) is 5.75 Å². The molecule has 0 bridgehead atoms. The van der Waals surface area contributed by atoms with Gasteiger partial charge in [0.05, 0.1) is 20.2 Å². The first-order valence-corrected chi connectivity index (χ1v) is 7.12. The second-order valence-electron chi connectivity index (χ2n) is 5.18. The lowest BCUT2D eigenvalue weighted by Gasteiger charge is -2.18. The van der Waals surface area contributed by atoms with E-state index in [-0.39, 0.29) is 0 Å². The van der Waals surface area contributed by atoms with Crippen molar-refractivity contribution in [2.75, 3.05) is 26.7 Å². The second kappa shape index (κ2) is 6.76. The maximum absolute atomic E-state index is 5.17. The SMILES string of the molecule is CC[NH+]1CCC[C@@H]1C[NH2+]Cc1ccc(OC)cc1. The average Bonchev–Trinajstić information content (AvgIpc) is 2.87. The summed E-state index contributed by atoms with van der Waals surface area (Å²) in [5, 5.41) is 2.45. The molecule has 1 heterocycles. The fourth-order valence-corrected chi connectivity index (χ4v) is 2.95. The molecule has 2 rings (SSSR count). The number of nitrogens with one attached hydrogen (secondary N) is 1. The van der Waals surface area contributed by atoms with Crippen LogP contribution in [-0.2, 0) is 6.54 Å². The standard InChI is InChI=1S/C15H24N2O/c1-3-17-10-4-5-14(17)12-16-11-13-6-8-15(18-2)9-7-13/h6-9,14,16H,3-5,10-12H2,1-2H3/p+2/t14-/m1/s1. The van der Waals surface area contributed by atoms with Gasteiger partial charge in [-0.3, -0.25) is 0 Å². The summed E-state index contributed by atoms with van der Waals surface area (Å²) in [5.41, 5.74) is 1.38. The van der Waals surface area contributed by atoms with Crippen molar-refractivity contribution in [1.82, 2.24) is 0 Å². The van der Waals surface area contributed by atoms with Gasteiger partial charge in [0, 0.05) is 18.4 Å². The van der Waals surface area contributed by atoms with Crippen LogP contribution >= 0.6 is 0 Å². The van der Waals surface area contributed by atoms with E-state index in [2.05, 4.69) is 24.4 Å². The minimum atomic E-state index is 0.869. The lowest BCUT2D eigenvalue weighted by molar-refractivity contribution is -0.925. The minimum absolute atomic E-state index is 0.869. The molecule has 3 heteroatoms. The molecule has 18 heavy (non-hydrogen) atoms. The van der Waals surface area contributed by atoms with E-state index >= 15 is 0 Å². The Bertz CT molecular complexity index is 350. The number of nitrogens with two attached hydrogens (primary N) is 1. The number of hydrogen-bond acceptors (Lipinski definition) is 1. The summed E-state index contributed by atoms with van der Waals surface area (Å²) in [6.07, 6.45) is 2.81. The molecule has 1 unspecified atom stereocenters. The van der Waals surface area contributed by atoms with Crippen LogP contribution in [0, 0.1) is 0 Å².